The van der Waals surface area contributed by atoms with Crippen LogP contribution in [0.3, 0.4) is 0 Å². The summed E-state index contributed by atoms with van der Waals surface area (Å²) in [5, 5.41) is 6.21. The monoisotopic (exact) mass is 244 g/mol. The molecule has 100 valence electrons. The Bertz CT molecular complexity index is 260. The van der Waals surface area contributed by atoms with Gasteiger partial charge in [0.15, 0.2) is 0 Å². The van der Waals surface area contributed by atoms with E-state index in [1.54, 1.807) is 14.0 Å². The van der Waals surface area contributed by atoms with Crippen molar-refractivity contribution < 1.29 is 9.53 Å². The fourth-order valence-electron chi connectivity index (χ4n) is 1.98. The Labute approximate surface area is 102 Å². The van der Waals surface area contributed by atoms with Crippen molar-refractivity contribution in [1.29, 1.82) is 0 Å². The van der Waals surface area contributed by atoms with E-state index in [9.17, 15) is 4.79 Å². The van der Waals surface area contributed by atoms with E-state index in [4.69, 9.17) is 16.2 Å². The Morgan fingerprint density at radius 3 is 2.65 bits per heavy atom. The summed E-state index contributed by atoms with van der Waals surface area (Å²) in [5.74, 6) is -0.216. The van der Waals surface area contributed by atoms with Crippen molar-refractivity contribution in [3.8, 4) is 0 Å². The molecule has 0 aromatic rings. The molecule has 0 spiro atoms. The van der Waals surface area contributed by atoms with E-state index >= 15 is 0 Å². The molecule has 0 saturated carbocycles. The molecule has 17 heavy (non-hydrogen) atoms. The van der Waals surface area contributed by atoms with Crippen LogP contribution >= 0.6 is 0 Å². The van der Waals surface area contributed by atoms with Crippen LogP contribution < -0.4 is 22.1 Å². The molecule has 0 bridgehead atoms. The minimum Gasteiger partial charge on any atom is -0.380 e. The van der Waals surface area contributed by atoms with E-state index in [1.165, 1.54) is 0 Å². The van der Waals surface area contributed by atoms with Crippen LogP contribution in [-0.2, 0) is 9.53 Å². The van der Waals surface area contributed by atoms with Crippen molar-refractivity contribution in [3.05, 3.63) is 0 Å². The molecular formula is C11H24N4O2. The SMILES string of the molecule is COC1CNCC(NC(=O)C(C)C(N)N)C1C. The summed E-state index contributed by atoms with van der Waals surface area (Å²) in [6, 6.07) is 0.0578. The van der Waals surface area contributed by atoms with Gasteiger partial charge in [-0.05, 0) is 0 Å². The summed E-state index contributed by atoms with van der Waals surface area (Å²) in [5.41, 5.74) is 11.0. The maximum atomic E-state index is 11.9. The predicted molar refractivity (Wildman–Crippen MR) is 66.1 cm³/mol. The summed E-state index contributed by atoms with van der Waals surface area (Å²) in [6.07, 6.45) is -0.504. The lowest BCUT2D eigenvalue weighted by atomic mass is 9.91. The number of rotatable bonds is 4. The van der Waals surface area contributed by atoms with Crippen LogP contribution in [0.25, 0.3) is 0 Å². The fourth-order valence-corrected chi connectivity index (χ4v) is 1.98. The van der Waals surface area contributed by atoms with Crippen LogP contribution in [-0.4, -0.2) is 44.4 Å². The lowest BCUT2D eigenvalue weighted by Crippen LogP contribution is -2.58. The number of hydrogen-bond donors (Lipinski definition) is 4. The van der Waals surface area contributed by atoms with Crippen LogP contribution in [0.5, 0.6) is 0 Å². The first-order chi connectivity index (χ1) is 7.97. The van der Waals surface area contributed by atoms with Crippen LogP contribution in [0.2, 0.25) is 0 Å². The van der Waals surface area contributed by atoms with Crippen LogP contribution in [0.4, 0.5) is 0 Å². The fraction of sp³-hybridized carbons (Fsp3) is 0.909. The first kappa shape index (κ1) is 14.4. The number of ether oxygens (including phenoxy) is 1. The Morgan fingerprint density at radius 1 is 1.47 bits per heavy atom. The highest BCUT2D eigenvalue weighted by Crippen LogP contribution is 2.15. The Kier molecular flexibility index (Phi) is 5.32. The second-order valence-corrected chi connectivity index (χ2v) is 4.77. The Morgan fingerprint density at radius 2 is 2.12 bits per heavy atom. The van der Waals surface area contributed by atoms with Gasteiger partial charge in [0.05, 0.1) is 18.2 Å². The first-order valence-corrected chi connectivity index (χ1v) is 6.02. The Balaban J connectivity index is 2.53. The quantitative estimate of drug-likeness (QED) is 0.456. The Hall–Kier alpha value is -0.690. The van der Waals surface area contributed by atoms with Crippen molar-refractivity contribution >= 4 is 5.91 Å². The molecule has 6 heteroatoms. The van der Waals surface area contributed by atoms with Gasteiger partial charge in [-0.1, -0.05) is 13.8 Å². The van der Waals surface area contributed by atoms with Crippen molar-refractivity contribution in [3.63, 3.8) is 0 Å². The number of carbonyl (C=O) groups excluding carboxylic acids is 1. The van der Waals surface area contributed by atoms with Gasteiger partial charge in [0, 0.05) is 32.2 Å². The highest BCUT2D eigenvalue weighted by Gasteiger charge is 2.32. The maximum absolute atomic E-state index is 11.9. The van der Waals surface area contributed by atoms with E-state index in [0.29, 0.717) is 0 Å². The molecule has 1 aliphatic rings. The molecule has 1 fully saturated rings. The molecular weight excluding hydrogens is 220 g/mol. The molecule has 4 unspecified atom stereocenters. The van der Waals surface area contributed by atoms with Gasteiger partial charge in [-0.3, -0.25) is 4.79 Å². The third-order valence-corrected chi connectivity index (χ3v) is 3.55. The van der Waals surface area contributed by atoms with Gasteiger partial charge in [0.25, 0.3) is 0 Å². The molecule has 1 heterocycles. The summed E-state index contributed by atoms with van der Waals surface area (Å²) < 4.78 is 5.36. The van der Waals surface area contributed by atoms with E-state index < -0.39 is 6.17 Å². The molecule has 0 radical (unpaired) electrons. The second kappa shape index (κ2) is 6.30. The van der Waals surface area contributed by atoms with Crippen LogP contribution in [0.15, 0.2) is 0 Å². The highest BCUT2D eigenvalue weighted by atomic mass is 16.5. The normalized spacial score (nSPS) is 31.3. The third-order valence-electron chi connectivity index (χ3n) is 3.55. The molecule has 0 aromatic heterocycles. The topological polar surface area (TPSA) is 102 Å². The summed E-state index contributed by atoms with van der Waals surface area (Å²) >= 11 is 0. The standard InChI is InChI=1S/C11H24N4O2/c1-6-8(4-14-5-9(6)17-3)15-11(16)7(2)10(12)13/h6-10,14H,4-5,12-13H2,1-3H3,(H,15,16). The van der Waals surface area contributed by atoms with Gasteiger partial charge in [-0.25, -0.2) is 0 Å². The van der Waals surface area contributed by atoms with Crippen molar-refractivity contribution in [2.24, 2.45) is 23.3 Å². The number of nitrogens with one attached hydrogen (secondary N) is 2. The molecule has 6 N–H and O–H groups in total. The number of carbonyl (C=O) groups is 1. The number of methoxy groups -OCH3 is 1. The van der Waals surface area contributed by atoms with Crippen molar-refractivity contribution in [2.45, 2.75) is 32.2 Å². The maximum Gasteiger partial charge on any atom is 0.226 e. The van der Waals surface area contributed by atoms with Gasteiger partial charge in [0.2, 0.25) is 5.91 Å². The smallest absolute Gasteiger partial charge is 0.226 e. The van der Waals surface area contributed by atoms with Gasteiger partial charge < -0.3 is 26.8 Å². The summed E-state index contributed by atoms with van der Waals surface area (Å²) in [7, 11) is 1.69. The van der Waals surface area contributed by atoms with E-state index in [0.717, 1.165) is 13.1 Å². The minimum absolute atomic E-state index is 0.0578. The molecule has 1 aliphatic heterocycles. The number of nitrogens with two attached hydrogens (primary N) is 2. The summed E-state index contributed by atoms with van der Waals surface area (Å²) in [4.78, 5) is 11.9. The second-order valence-electron chi connectivity index (χ2n) is 4.77. The largest absolute Gasteiger partial charge is 0.380 e. The molecule has 4 atom stereocenters. The van der Waals surface area contributed by atoms with Crippen LogP contribution in [0, 0.1) is 11.8 Å². The molecule has 0 aliphatic carbocycles. The van der Waals surface area contributed by atoms with Crippen molar-refractivity contribution in [1.82, 2.24) is 10.6 Å². The predicted octanol–water partition coefficient (Wildman–Crippen LogP) is -1.39. The average molecular weight is 244 g/mol. The molecule has 0 aromatic carbocycles. The average Bonchev–Trinajstić information content (AvgIpc) is 2.30. The molecule has 1 rings (SSSR count). The first-order valence-electron chi connectivity index (χ1n) is 6.02. The zero-order chi connectivity index (χ0) is 13.0. The lowest BCUT2D eigenvalue weighted by Gasteiger charge is -2.36. The third kappa shape index (κ3) is 3.64. The minimum atomic E-state index is -0.625. The van der Waals surface area contributed by atoms with E-state index in [-0.39, 0.29) is 29.9 Å². The molecule has 6 nitrogen and oxygen atoms in total. The number of amides is 1. The number of hydrogen-bond acceptors (Lipinski definition) is 5. The zero-order valence-corrected chi connectivity index (χ0v) is 10.8. The van der Waals surface area contributed by atoms with Gasteiger partial charge in [-0.2, -0.15) is 0 Å². The highest BCUT2D eigenvalue weighted by molar-refractivity contribution is 5.79. The van der Waals surface area contributed by atoms with Gasteiger partial charge in [-0.15, -0.1) is 0 Å². The van der Waals surface area contributed by atoms with E-state index in [2.05, 4.69) is 17.6 Å². The van der Waals surface area contributed by atoms with Gasteiger partial charge >= 0.3 is 0 Å². The number of piperidine rings is 1. The van der Waals surface area contributed by atoms with E-state index in [1.807, 2.05) is 0 Å². The molecule has 1 saturated heterocycles. The zero-order valence-electron chi connectivity index (χ0n) is 10.8. The summed E-state index contributed by atoms with van der Waals surface area (Å²) in [6.45, 7) is 5.37. The van der Waals surface area contributed by atoms with Gasteiger partial charge in [0.1, 0.15) is 0 Å². The van der Waals surface area contributed by atoms with Crippen LogP contribution in [0.1, 0.15) is 13.8 Å². The lowest BCUT2D eigenvalue weighted by molar-refractivity contribution is -0.126. The van der Waals surface area contributed by atoms with Crippen molar-refractivity contribution in [2.75, 3.05) is 20.2 Å². The molecule has 1 amide bonds.